The van der Waals surface area contributed by atoms with Gasteiger partial charge in [-0.1, -0.05) is 67.3 Å². The van der Waals surface area contributed by atoms with Crippen LogP contribution in [0, 0.1) is 12.8 Å². The number of anilines is 2. The molecule has 4 rings (SSSR count). The van der Waals surface area contributed by atoms with Crippen molar-refractivity contribution in [2.24, 2.45) is 5.92 Å². The summed E-state index contributed by atoms with van der Waals surface area (Å²) in [6.07, 6.45) is 5.47. The second kappa shape index (κ2) is 11.2. The molecule has 2 amide bonds. The molecule has 1 unspecified atom stereocenters. The molecule has 0 radical (unpaired) electrons. The van der Waals surface area contributed by atoms with Crippen molar-refractivity contribution in [3.05, 3.63) is 90.0 Å². The van der Waals surface area contributed by atoms with Gasteiger partial charge in [-0.2, -0.15) is 0 Å². The highest BCUT2D eigenvalue weighted by Crippen LogP contribution is 2.37. The summed E-state index contributed by atoms with van der Waals surface area (Å²) in [5.74, 6) is 0.181. The van der Waals surface area contributed by atoms with Gasteiger partial charge in [-0.3, -0.25) is 9.59 Å². The summed E-state index contributed by atoms with van der Waals surface area (Å²) < 4.78 is 0. The Kier molecular flexibility index (Phi) is 7.84. The van der Waals surface area contributed by atoms with E-state index in [1.54, 1.807) is 0 Å². The Balaban J connectivity index is 1.45. The third-order valence-electron chi connectivity index (χ3n) is 6.01. The van der Waals surface area contributed by atoms with Gasteiger partial charge >= 0.3 is 0 Å². The molecule has 1 aliphatic carbocycles. The average Bonchev–Trinajstić information content (AvgIpc) is 2.86. The van der Waals surface area contributed by atoms with E-state index in [1.807, 2.05) is 85.8 Å². The van der Waals surface area contributed by atoms with Crippen LogP contribution in [0.25, 0.3) is 0 Å². The van der Waals surface area contributed by atoms with Gasteiger partial charge in [0.1, 0.15) is 5.25 Å². The van der Waals surface area contributed by atoms with E-state index in [0.29, 0.717) is 0 Å². The molecule has 5 heteroatoms. The molecule has 1 fully saturated rings. The molecule has 2 N–H and O–H groups in total. The fraction of sp³-hybridized carbons (Fsp3) is 0.286. The molecule has 1 saturated carbocycles. The first-order valence-corrected chi connectivity index (χ1v) is 12.5. The summed E-state index contributed by atoms with van der Waals surface area (Å²) in [5.41, 5.74) is 3.68. The monoisotopic (exact) mass is 458 g/mol. The minimum Gasteiger partial charge on any atom is -0.326 e. The van der Waals surface area contributed by atoms with Crippen LogP contribution in [0.4, 0.5) is 11.4 Å². The first kappa shape index (κ1) is 23.1. The van der Waals surface area contributed by atoms with E-state index in [2.05, 4.69) is 10.6 Å². The Morgan fingerprint density at radius 3 is 2.06 bits per heavy atom. The first-order valence-electron chi connectivity index (χ1n) is 11.6. The summed E-state index contributed by atoms with van der Waals surface area (Å²) in [4.78, 5) is 26.7. The standard InChI is InChI=1S/C28H30N2O2S/c1-20-12-14-23(15-13-20)30-28(32)26(21-8-4-2-5-9-21)33-25-18-16-24(17-19-25)29-27(31)22-10-6-3-7-11-22/h2,4-5,8-9,12-19,22,26H,3,6-7,10-11H2,1H3,(H,29,31)(H,30,32). The largest absolute Gasteiger partial charge is 0.326 e. The van der Waals surface area contributed by atoms with Gasteiger partial charge in [0, 0.05) is 22.2 Å². The van der Waals surface area contributed by atoms with E-state index in [9.17, 15) is 9.59 Å². The van der Waals surface area contributed by atoms with Gasteiger partial charge in [-0.05, 0) is 61.7 Å². The predicted molar refractivity (Wildman–Crippen MR) is 136 cm³/mol. The fourth-order valence-corrected chi connectivity index (χ4v) is 5.13. The van der Waals surface area contributed by atoms with E-state index in [4.69, 9.17) is 0 Å². The van der Waals surface area contributed by atoms with Gasteiger partial charge in [-0.15, -0.1) is 11.8 Å². The van der Waals surface area contributed by atoms with Crippen molar-refractivity contribution in [3.63, 3.8) is 0 Å². The lowest BCUT2D eigenvalue weighted by Gasteiger charge is -2.21. The number of hydrogen-bond acceptors (Lipinski definition) is 3. The smallest absolute Gasteiger partial charge is 0.242 e. The molecule has 0 heterocycles. The van der Waals surface area contributed by atoms with Crippen molar-refractivity contribution in [2.75, 3.05) is 10.6 Å². The molecule has 0 spiro atoms. The number of rotatable bonds is 7. The van der Waals surface area contributed by atoms with Gasteiger partial charge in [0.05, 0.1) is 0 Å². The predicted octanol–water partition coefficient (Wildman–Crippen LogP) is 6.99. The summed E-state index contributed by atoms with van der Waals surface area (Å²) in [6.45, 7) is 2.02. The van der Waals surface area contributed by atoms with Gasteiger partial charge < -0.3 is 10.6 Å². The molecule has 0 saturated heterocycles. The highest BCUT2D eigenvalue weighted by molar-refractivity contribution is 8.00. The van der Waals surface area contributed by atoms with E-state index in [0.717, 1.165) is 53.1 Å². The van der Waals surface area contributed by atoms with Crippen molar-refractivity contribution in [3.8, 4) is 0 Å². The lowest BCUT2D eigenvalue weighted by molar-refractivity contribution is -0.120. The second-order valence-corrected chi connectivity index (χ2v) is 9.79. The fourth-order valence-electron chi connectivity index (χ4n) is 4.11. The molecule has 1 aliphatic rings. The molecule has 170 valence electrons. The van der Waals surface area contributed by atoms with Crippen LogP contribution in [0.2, 0.25) is 0 Å². The molecule has 4 nitrogen and oxygen atoms in total. The quantitative estimate of drug-likeness (QED) is 0.375. The van der Waals surface area contributed by atoms with Gasteiger partial charge in [0.25, 0.3) is 0 Å². The maximum absolute atomic E-state index is 13.2. The average molecular weight is 459 g/mol. The van der Waals surface area contributed by atoms with Gasteiger partial charge in [0.15, 0.2) is 0 Å². The summed E-state index contributed by atoms with van der Waals surface area (Å²) in [5, 5.41) is 5.71. The number of amides is 2. The molecule has 3 aromatic carbocycles. The van der Waals surface area contributed by atoms with Gasteiger partial charge in [-0.25, -0.2) is 0 Å². The minimum absolute atomic E-state index is 0.0651. The Labute approximate surface area is 200 Å². The molecular formula is C28H30N2O2S. The number of thioether (sulfide) groups is 1. The van der Waals surface area contributed by atoms with Crippen LogP contribution in [-0.2, 0) is 9.59 Å². The number of aryl methyl sites for hydroxylation is 1. The summed E-state index contributed by atoms with van der Waals surface area (Å²) >= 11 is 1.50. The number of carbonyl (C=O) groups is 2. The van der Waals surface area contributed by atoms with E-state index < -0.39 is 5.25 Å². The molecule has 0 aliphatic heterocycles. The normalized spacial score (nSPS) is 14.9. The van der Waals surface area contributed by atoms with Crippen molar-refractivity contribution < 1.29 is 9.59 Å². The van der Waals surface area contributed by atoms with E-state index in [-0.39, 0.29) is 17.7 Å². The van der Waals surface area contributed by atoms with Crippen LogP contribution >= 0.6 is 11.8 Å². The second-order valence-electron chi connectivity index (χ2n) is 8.61. The van der Waals surface area contributed by atoms with Crippen LogP contribution in [0.5, 0.6) is 0 Å². The molecule has 3 aromatic rings. The van der Waals surface area contributed by atoms with Crippen molar-refractivity contribution >= 4 is 35.0 Å². The molecule has 33 heavy (non-hydrogen) atoms. The van der Waals surface area contributed by atoms with E-state index >= 15 is 0 Å². The highest BCUT2D eigenvalue weighted by Gasteiger charge is 2.23. The van der Waals surface area contributed by atoms with Crippen LogP contribution in [0.15, 0.2) is 83.8 Å². The Morgan fingerprint density at radius 1 is 0.788 bits per heavy atom. The Hall–Kier alpha value is -3.05. The van der Waals surface area contributed by atoms with Crippen molar-refractivity contribution in [2.45, 2.75) is 49.2 Å². The zero-order valence-electron chi connectivity index (χ0n) is 18.9. The zero-order chi connectivity index (χ0) is 23.0. The Morgan fingerprint density at radius 2 is 1.39 bits per heavy atom. The van der Waals surface area contributed by atoms with E-state index in [1.165, 1.54) is 18.2 Å². The zero-order valence-corrected chi connectivity index (χ0v) is 19.7. The topological polar surface area (TPSA) is 58.2 Å². The van der Waals surface area contributed by atoms with Crippen LogP contribution in [0.1, 0.15) is 48.5 Å². The van der Waals surface area contributed by atoms with Crippen molar-refractivity contribution in [1.29, 1.82) is 0 Å². The Bertz CT molecular complexity index is 1060. The number of hydrogen-bond donors (Lipinski definition) is 2. The third-order valence-corrected chi connectivity index (χ3v) is 7.28. The minimum atomic E-state index is -0.393. The first-order chi connectivity index (χ1) is 16.1. The van der Waals surface area contributed by atoms with Crippen LogP contribution in [-0.4, -0.2) is 11.8 Å². The van der Waals surface area contributed by atoms with Crippen LogP contribution in [0.3, 0.4) is 0 Å². The van der Waals surface area contributed by atoms with Gasteiger partial charge in [0.2, 0.25) is 11.8 Å². The molecule has 1 atom stereocenters. The van der Waals surface area contributed by atoms with Crippen LogP contribution < -0.4 is 10.6 Å². The lowest BCUT2D eigenvalue weighted by Crippen LogP contribution is -2.24. The highest BCUT2D eigenvalue weighted by atomic mass is 32.2. The lowest BCUT2D eigenvalue weighted by atomic mass is 9.88. The summed E-state index contributed by atoms with van der Waals surface area (Å²) in [7, 11) is 0. The van der Waals surface area contributed by atoms with Crippen molar-refractivity contribution in [1.82, 2.24) is 0 Å². The summed E-state index contributed by atoms with van der Waals surface area (Å²) in [6, 6.07) is 25.4. The number of nitrogens with one attached hydrogen (secondary N) is 2. The number of benzene rings is 3. The molecule has 0 bridgehead atoms. The maximum atomic E-state index is 13.2. The molecular weight excluding hydrogens is 428 g/mol. The number of carbonyl (C=O) groups excluding carboxylic acids is 2. The third kappa shape index (κ3) is 6.48. The SMILES string of the molecule is Cc1ccc(NC(=O)C(Sc2ccc(NC(=O)C3CCCCC3)cc2)c2ccccc2)cc1. The molecule has 0 aromatic heterocycles. The maximum Gasteiger partial charge on any atom is 0.242 e.